The van der Waals surface area contributed by atoms with E-state index in [1.54, 1.807) is 0 Å². The first-order chi connectivity index (χ1) is 9.36. The molecule has 0 amide bonds. The Morgan fingerprint density at radius 3 is 2.84 bits per heavy atom. The highest BCUT2D eigenvalue weighted by Crippen LogP contribution is 2.23. The number of hydrogen-bond donors (Lipinski definition) is 1. The van der Waals surface area contributed by atoms with Gasteiger partial charge in [0.15, 0.2) is 0 Å². The van der Waals surface area contributed by atoms with Crippen LogP contribution >= 0.6 is 0 Å². The summed E-state index contributed by atoms with van der Waals surface area (Å²) in [4.78, 5) is 0. The van der Waals surface area contributed by atoms with Crippen LogP contribution in [0.25, 0.3) is 5.52 Å². The van der Waals surface area contributed by atoms with E-state index < -0.39 is 0 Å². The Labute approximate surface area is 116 Å². The van der Waals surface area contributed by atoms with Crippen LogP contribution in [-0.2, 0) is 0 Å². The van der Waals surface area contributed by atoms with Gasteiger partial charge >= 0.3 is 0 Å². The van der Waals surface area contributed by atoms with Gasteiger partial charge in [-0.1, -0.05) is 45.1 Å². The monoisotopic (exact) mass is 259 g/mol. The summed E-state index contributed by atoms with van der Waals surface area (Å²) in [6, 6.07) is 6.66. The van der Waals surface area contributed by atoms with E-state index in [0.29, 0.717) is 6.04 Å². The summed E-state index contributed by atoms with van der Waals surface area (Å²) in [5.41, 5.74) is 2.54. The highest BCUT2D eigenvalue weighted by Gasteiger charge is 2.13. The molecule has 0 aliphatic heterocycles. The third-order valence-corrected chi connectivity index (χ3v) is 3.78. The lowest BCUT2D eigenvalue weighted by Gasteiger charge is -2.15. The summed E-state index contributed by atoms with van der Waals surface area (Å²) in [7, 11) is 2.04. The molecule has 0 saturated carbocycles. The molecule has 0 fully saturated rings. The zero-order chi connectivity index (χ0) is 13.5. The summed E-state index contributed by atoms with van der Waals surface area (Å²) < 4.78 is 1.96. The minimum absolute atomic E-state index is 0.418. The Hall–Kier alpha value is -1.35. The van der Waals surface area contributed by atoms with Gasteiger partial charge in [-0.3, -0.25) is 0 Å². The van der Waals surface area contributed by atoms with Gasteiger partial charge in [0, 0.05) is 17.8 Å². The Kier molecular flexibility index (Phi) is 5.40. The van der Waals surface area contributed by atoms with Crippen LogP contribution in [0.15, 0.2) is 30.6 Å². The number of fused-ring (bicyclic) bond motifs is 1. The molecule has 19 heavy (non-hydrogen) atoms. The van der Waals surface area contributed by atoms with Crippen molar-refractivity contribution in [1.82, 2.24) is 14.9 Å². The second kappa shape index (κ2) is 7.29. The maximum absolute atomic E-state index is 4.42. The molecule has 0 saturated heterocycles. The first kappa shape index (κ1) is 14.1. The topological polar surface area (TPSA) is 29.3 Å². The van der Waals surface area contributed by atoms with Crippen LogP contribution in [0.3, 0.4) is 0 Å². The van der Waals surface area contributed by atoms with Crippen molar-refractivity contribution >= 4 is 5.52 Å². The smallest absolute Gasteiger partial charge is 0.0709 e. The summed E-state index contributed by atoms with van der Waals surface area (Å²) in [6.07, 6.45) is 11.9. The first-order valence-electron chi connectivity index (χ1n) is 7.46. The third kappa shape index (κ3) is 3.57. The molecule has 2 rings (SSSR count). The molecule has 0 radical (unpaired) electrons. The molecule has 1 N–H and O–H groups in total. The van der Waals surface area contributed by atoms with E-state index >= 15 is 0 Å². The fraction of sp³-hybridized carbons (Fsp3) is 0.562. The number of nitrogens with one attached hydrogen (secondary N) is 1. The molecule has 0 aliphatic rings. The molecule has 2 heterocycles. The predicted octanol–water partition coefficient (Wildman–Crippen LogP) is 3.96. The van der Waals surface area contributed by atoms with Gasteiger partial charge in [0.25, 0.3) is 0 Å². The van der Waals surface area contributed by atoms with Gasteiger partial charge < -0.3 is 5.32 Å². The molecule has 0 aliphatic carbocycles. The molecule has 3 heteroatoms. The zero-order valence-electron chi connectivity index (χ0n) is 12.1. The Morgan fingerprint density at radius 1 is 1.21 bits per heavy atom. The number of rotatable bonds is 8. The van der Waals surface area contributed by atoms with E-state index in [1.165, 1.54) is 49.6 Å². The van der Waals surface area contributed by atoms with Crippen molar-refractivity contribution < 1.29 is 0 Å². The van der Waals surface area contributed by atoms with Crippen LogP contribution in [0.2, 0.25) is 0 Å². The van der Waals surface area contributed by atoms with Gasteiger partial charge in [-0.2, -0.15) is 5.10 Å². The third-order valence-electron chi connectivity index (χ3n) is 3.78. The summed E-state index contributed by atoms with van der Waals surface area (Å²) in [5.74, 6) is 0. The number of unbranched alkanes of at least 4 members (excludes halogenated alkanes) is 4. The SMILES string of the molecule is CCCCCCCC(NC)c1cnn2ccccc12. The molecular weight excluding hydrogens is 234 g/mol. The van der Waals surface area contributed by atoms with E-state index in [-0.39, 0.29) is 0 Å². The largest absolute Gasteiger partial charge is 0.313 e. The Bertz CT molecular complexity index is 489. The lowest BCUT2D eigenvalue weighted by molar-refractivity contribution is 0.503. The molecule has 104 valence electrons. The number of pyridine rings is 1. The zero-order valence-corrected chi connectivity index (χ0v) is 12.1. The first-order valence-corrected chi connectivity index (χ1v) is 7.46. The Morgan fingerprint density at radius 2 is 2.05 bits per heavy atom. The highest BCUT2D eigenvalue weighted by atomic mass is 15.2. The molecular formula is C16H25N3. The van der Waals surface area contributed by atoms with Gasteiger partial charge in [0.1, 0.15) is 0 Å². The lowest BCUT2D eigenvalue weighted by atomic mass is 10.0. The molecule has 0 aromatic carbocycles. The minimum atomic E-state index is 0.418. The fourth-order valence-corrected chi connectivity index (χ4v) is 2.63. The molecule has 2 aromatic rings. The number of aromatic nitrogens is 2. The molecule has 1 unspecified atom stereocenters. The molecule has 3 nitrogen and oxygen atoms in total. The van der Waals surface area contributed by atoms with Crippen molar-refractivity contribution in [3.05, 3.63) is 36.2 Å². The summed E-state index contributed by atoms with van der Waals surface area (Å²) in [5, 5.41) is 7.86. The van der Waals surface area contributed by atoms with Crippen LogP contribution in [0, 0.1) is 0 Å². The standard InChI is InChI=1S/C16H25N3/c1-3-4-5-6-7-10-15(17-2)14-13-18-19-12-9-8-11-16(14)19/h8-9,11-13,15,17H,3-7,10H2,1-2H3. The van der Waals surface area contributed by atoms with Gasteiger partial charge in [-0.05, 0) is 25.6 Å². The minimum Gasteiger partial charge on any atom is -0.313 e. The molecule has 0 spiro atoms. The number of hydrogen-bond acceptors (Lipinski definition) is 2. The van der Waals surface area contributed by atoms with E-state index in [9.17, 15) is 0 Å². The number of nitrogens with zero attached hydrogens (tertiary/aromatic N) is 2. The van der Waals surface area contributed by atoms with Crippen LogP contribution in [0.1, 0.15) is 57.1 Å². The van der Waals surface area contributed by atoms with Crippen LogP contribution in [-0.4, -0.2) is 16.7 Å². The van der Waals surface area contributed by atoms with Crippen LogP contribution < -0.4 is 5.32 Å². The quantitative estimate of drug-likeness (QED) is 0.727. The van der Waals surface area contributed by atoms with Crippen molar-refractivity contribution in [2.24, 2.45) is 0 Å². The van der Waals surface area contributed by atoms with Gasteiger partial charge in [-0.25, -0.2) is 4.52 Å². The van der Waals surface area contributed by atoms with Crippen LogP contribution in [0.5, 0.6) is 0 Å². The Balaban J connectivity index is 1.97. The summed E-state index contributed by atoms with van der Waals surface area (Å²) >= 11 is 0. The second-order valence-corrected chi connectivity index (χ2v) is 5.17. The lowest BCUT2D eigenvalue weighted by Crippen LogP contribution is -2.16. The van der Waals surface area contributed by atoms with E-state index in [2.05, 4.69) is 29.5 Å². The van der Waals surface area contributed by atoms with Crippen molar-refractivity contribution in [1.29, 1.82) is 0 Å². The maximum Gasteiger partial charge on any atom is 0.0709 e. The van der Waals surface area contributed by atoms with E-state index in [1.807, 2.05) is 30.0 Å². The summed E-state index contributed by atoms with van der Waals surface area (Å²) in [6.45, 7) is 2.26. The highest BCUT2D eigenvalue weighted by molar-refractivity contribution is 5.54. The average molecular weight is 259 g/mol. The van der Waals surface area contributed by atoms with Crippen molar-refractivity contribution in [2.45, 2.75) is 51.5 Å². The molecule has 1 atom stereocenters. The van der Waals surface area contributed by atoms with E-state index in [4.69, 9.17) is 0 Å². The predicted molar refractivity (Wildman–Crippen MR) is 80.4 cm³/mol. The normalized spacial score (nSPS) is 12.9. The van der Waals surface area contributed by atoms with Gasteiger partial charge in [0.2, 0.25) is 0 Å². The van der Waals surface area contributed by atoms with Crippen LogP contribution in [0.4, 0.5) is 0 Å². The van der Waals surface area contributed by atoms with Gasteiger partial charge in [-0.15, -0.1) is 0 Å². The van der Waals surface area contributed by atoms with Crippen molar-refractivity contribution in [3.8, 4) is 0 Å². The molecule has 2 aromatic heterocycles. The van der Waals surface area contributed by atoms with Gasteiger partial charge in [0.05, 0.1) is 11.7 Å². The second-order valence-electron chi connectivity index (χ2n) is 5.17. The fourth-order valence-electron chi connectivity index (χ4n) is 2.63. The van der Waals surface area contributed by atoms with E-state index in [0.717, 1.165) is 0 Å². The van der Waals surface area contributed by atoms with Crippen molar-refractivity contribution in [2.75, 3.05) is 7.05 Å². The molecule has 0 bridgehead atoms. The van der Waals surface area contributed by atoms with Crippen molar-refractivity contribution in [3.63, 3.8) is 0 Å². The maximum atomic E-state index is 4.42. The average Bonchev–Trinajstić information content (AvgIpc) is 2.87.